The first kappa shape index (κ1) is 20.3. The van der Waals surface area contributed by atoms with E-state index in [1.165, 1.54) is 18.4 Å². The molecule has 28 heavy (non-hydrogen) atoms. The van der Waals surface area contributed by atoms with Crippen LogP contribution in [0.3, 0.4) is 0 Å². The topological polar surface area (TPSA) is 105 Å². The molecule has 1 aliphatic heterocycles. The molecule has 1 aliphatic carbocycles. The molecular weight excluding hydrogens is 382 g/mol. The quantitative estimate of drug-likeness (QED) is 0.503. The molecule has 3 atom stereocenters. The summed E-state index contributed by atoms with van der Waals surface area (Å²) >= 11 is 1.41. The molecular formula is C19H25N3O5S. The Morgan fingerprint density at radius 1 is 1.43 bits per heavy atom. The SMILES string of the molecule is CCC(C)C(NC(=O)CN1C(=O)NC(c2cccs2)(C2CC2)C1=O)C(=O)OC. The second-order valence-electron chi connectivity index (χ2n) is 7.33. The van der Waals surface area contributed by atoms with E-state index < -0.39 is 41.9 Å². The van der Waals surface area contributed by atoms with Crippen molar-refractivity contribution >= 4 is 35.2 Å². The van der Waals surface area contributed by atoms with Crippen LogP contribution in [0.4, 0.5) is 4.79 Å². The number of amides is 4. The van der Waals surface area contributed by atoms with Crippen molar-refractivity contribution in [1.29, 1.82) is 0 Å². The standard InChI is InChI=1S/C19H25N3O5S/c1-4-11(2)15(16(24)27-3)20-14(23)10-22-17(25)19(12-7-8-12,21-18(22)26)13-6-5-9-28-13/h5-6,9,11-12,15H,4,7-8,10H2,1-3H3,(H,20,23)(H,21,26). The van der Waals surface area contributed by atoms with Crippen LogP contribution in [0.15, 0.2) is 17.5 Å². The molecule has 2 aliphatic rings. The summed E-state index contributed by atoms with van der Waals surface area (Å²) in [5.74, 6) is -1.63. The van der Waals surface area contributed by atoms with E-state index in [4.69, 9.17) is 4.74 Å². The fourth-order valence-electron chi connectivity index (χ4n) is 3.56. The molecule has 1 saturated carbocycles. The molecule has 2 N–H and O–H groups in total. The van der Waals surface area contributed by atoms with Crippen LogP contribution < -0.4 is 10.6 Å². The fraction of sp³-hybridized carbons (Fsp3) is 0.579. The molecule has 1 aromatic heterocycles. The highest BCUT2D eigenvalue weighted by atomic mass is 32.1. The van der Waals surface area contributed by atoms with Crippen LogP contribution in [0.2, 0.25) is 0 Å². The van der Waals surface area contributed by atoms with Gasteiger partial charge in [0.25, 0.3) is 5.91 Å². The third-order valence-electron chi connectivity index (χ3n) is 5.52. The zero-order valence-electron chi connectivity index (χ0n) is 16.2. The molecule has 0 spiro atoms. The van der Waals surface area contributed by atoms with Gasteiger partial charge in [-0.05, 0) is 36.1 Å². The Hall–Kier alpha value is -2.42. The van der Waals surface area contributed by atoms with Gasteiger partial charge in [-0.15, -0.1) is 11.3 Å². The number of urea groups is 1. The maximum absolute atomic E-state index is 13.2. The monoisotopic (exact) mass is 407 g/mol. The molecule has 0 radical (unpaired) electrons. The minimum atomic E-state index is -1.08. The lowest BCUT2D eigenvalue weighted by Crippen LogP contribution is -2.50. The third-order valence-corrected chi connectivity index (χ3v) is 6.52. The van der Waals surface area contributed by atoms with E-state index in [0.29, 0.717) is 6.42 Å². The number of esters is 1. The molecule has 2 heterocycles. The highest BCUT2D eigenvalue weighted by Gasteiger charge is 2.61. The minimum Gasteiger partial charge on any atom is -0.467 e. The van der Waals surface area contributed by atoms with Crippen LogP contribution in [-0.4, -0.2) is 48.4 Å². The maximum atomic E-state index is 13.2. The van der Waals surface area contributed by atoms with Crippen molar-refractivity contribution in [2.45, 2.75) is 44.7 Å². The van der Waals surface area contributed by atoms with Crippen molar-refractivity contribution in [3.63, 3.8) is 0 Å². The normalized spacial score (nSPS) is 23.9. The van der Waals surface area contributed by atoms with Gasteiger partial charge in [-0.2, -0.15) is 0 Å². The fourth-order valence-corrected chi connectivity index (χ4v) is 4.51. The summed E-state index contributed by atoms with van der Waals surface area (Å²) in [6.07, 6.45) is 2.36. The average Bonchev–Trinajstić information content (AvgIpc) is 3.33. The van der Waals surface area contributed by atoms with Crippen LogP contribution in [0.1, 0.15) is 38.0 Å². The van der Waals surface area contributed by atoms with Crippen LogP contribution in [-0.2, 0) is 24.7 Å². The van der Waals surface area contributed by atoms with Crippen LogP contribution in [0, 0.1) is 11.8 Å². The van der Waals surface area contributed by atoms with Gasteiger partial charge in [-0.25, -0.2) is 9.59 Å². The van der Waals surface area contributed by atoms with Gasteiger partial charge in [-0.3, -0.25) is 14.5 Å². The highest BCUT2D eigenvalue weighted by molar-refractivity contribution is 7.10. The Kier molecular flexibility index (Phi) is 5.74. The van der Waals surface area contributed by atoms with E-state index >= 15 is 0 Å². The molecule has 3 rings (SSSR count). The number of rotatable bonds is 8. The first-order valence-electron chi connectivity index (χ1n) is 9.40. The Bertz CT molecular complexity index is 777. The van der Waals surface area contributed by atoms with E-state index in [9.17, 15) is 19.2 Å². The Labute approximate surface area is 167 Å². The number of nitrogens with zero attached hydrogens (tertiary/aromatic N) is 1. The summed E-state index contributed by atoms with van der Waals surface area (Å²) < 4.78 is 4.76. The zero-order chi connectivity index (χ0) is 20.5. The number of carbonyl (C=O) groups is 4. The first-order valence-corrected chi connectivity index (χ1v) is 10.3. The van der Waals surface area contributed by atoms with Gasteiger partial charge in [0.05, 0.1) is 7.11 Å². The first-order chi connectivity index (χ1) is 13.3. The number of nitrogens with one attached hydrogen (secondary N) is 2. The average molecular weight is 407 g/mol. The molecule has 9 heteroatoms. The summed E-state index contributed by atoms with van der Waals surface area (Å²) in [6.45, 7) is 3.29. The Morgan fingerprint density at radius 3 is 2.68 bits per heavy atom. The molecule has 4 amide bonds. The van der Waals surface area contributed by atoms with Crippen molar-refractivity contribution in [1.82, 2.24) is 15.5 Å². The van der Waals surface area contributed by atoms with Gasteiger partial charge < -0.3 is 15.4 Å². The number of ether oxygens (including phenoxy) is 1. The van der Waals surface area contributed by atoms with Crippen molar-refractivity contribution in [3.8, 4) is 0 Å². The summed E-state index contributed by atoms with van der Waals surface area (Å²) in [5, 5.41) is 7.31. The van der Waals surface area contributed by atoms with Gasteiger partial charge in [-0.1, -0.05) is 26.3 Å². The lowest BCUT2D eigenvalue weighted by molar-refractivity contribution is -0.146. The van der Waals surface area contributed by atoms with Gasteiger partial charge in [0.15, 0.2) is 5.54 Å². The number of methoxy groups -OCH3 is 1. The summed E-state index contributed by atoms with van der Waals surface area (Å²) in [4.78, 5) is 52.0. The van der Waals surface area contributed by atoms with Gasteiger partial charge in [0.2, 0.25) is 5.91 Å². The molecule has 2 fully saturated rings. The predicted octanol–water partition coefficient (Wildman–Crippen LogP) is 1.61. The summed E-state index contributed by atoms with van der Waals surface area (Å²) in [7, 11) is 1.26. The van der Waals surface area contributed by atoms with Crippen LogP contribution in [0.5, 0.6) is 0 Å². The van der Waals surface area contributed by atoms with E-state index in [0.717, 1.165) is 22.6 Å². The molecule has 152 valence electrons. The summed E-state index contributed by atoms with van der Waals surface area (Å²) in [6, 6.07) is 2.26. The Morgan fingerprint density at radius 2 is 2.14 bits per heavy atom. The van der Waals surface area contributed by atoms with E-state index in [1.807, 2.05) is 31.4 Å². The van der Waals surface area contributed by atoms with Gasteiger partial charge >= 0.3 is 12.0 Å². The van der Waals surface area contributed by atoms with E-state index in [2.05, 4.69) is 10.6 Å². The van der Waals surface area contributed by atoms with Crippen LogP contribution >= 0.6 is 11.3 Å². The molecule has 0 bridgehead atoms. The van der Waals surface area contributed by atoms with Crippen molar-refractivity contribution in [2.75, 3.05) is 13.7 Å². The number of thiophene rings is 1. The number of hydrogen-bond donors (Lipinski definition) is 2. The van der Waals surface area contributed by atoms with Gasteiger partial charge in [0.1, 0.15) is 12.6 Å². The number of imide groups is 1. The maximum Gasteiger partial charge on any atom is 0.328 e. The van der Waals surface area contributed by atoms with E-state index in [1.54, 1.807) is 0 Å². The molecule has 1 aromatic rings. The van der Waals surface area contributed by atoms with Gasteiger partial charge in [0, 0.05) is 4.88 Å². The second-order valence-corrected chi connectivity index (χ2v) is 8.28. The zero-order valence-corrected chi connectivity index (χ0v) is 17.0. The minimum absolute atomic E-state index is 0.0404. The Balaban J connectivity index is 1.75. The van der Waals surface area contributed by atoms with Crippen molar-refractivity contribution in [2.24, 2.45) is 11.8 Å². The lowest BCUT2D eigenvalue weighted by Gasteiger charge is -2.26. The van der Waals surface area contributed by atoms with Crippen molar-refractivity contribution < 1.29 is 23.9 Å². The largest absolute Gasteiger partial charge is 0.467 e. The smallest absolute Gasteiger partial charge is 0.328 e. The summed E-state index contributed by atoms with van der Waals surface area (Å²) in [5.41, 5.74) is -1.08. The molecule has 3 unspecified atom stereocenters. The molecule has 0 aromatic carbocycles. The second kappa shape index (κ2) is 7.90. The number of carbonyl (C=O) groups excluding carboxylic acids is 4. The predicted molar refractivity (Wildman–Crippen MR) is 102 cm³/mol. The lowest BCUT2D eigenvalue weighted by atomic mass is 9.91. The van der Waals surface area contributed by atoms with Crippen LogP contribution in [0.25, 0.3) is 0 Å². The number of hydrogen-bond acceptors (Lipinski definition) is 6. The molecule has 8 nitrogen and oxygen atoms in total. The van der Waals surface area contributed by atoms with Crippen molar-refractivity contribution in [3.05, 3.63) is 22.4 Å². The highest BCUT2D eigenvalue weighted by Crippen LogP contribution is 2.50. The van der Waals surface area contributed by atoms with E-state index in [-0.39, 0.29) is 11.8 Å². The molecule has 1 saturated heterocycles. The third kappa shape index (κ3) is 3.50.